The summed E-state index contributed by atoms with van der Waals surface area (Å²) in [7, 11) is 0. The maximum atomic E-state index is 12.3. The van der Waals surface area contributed by atoms with Gasteiger partial charge >= 0.3 is 0 Å². The fourth-order valence-electron chi connectivity index (χ4n) is 2.45. The van der Waals surface area contributed by atoms with Crippen molar-refractivity contribution in [2.45, 2.75) is 33.2 Å². The first-order chi connectivity index (χ1) is 12.4. The normalized spacial score (nSPS) is 12.0. The van der Waals surface area contributed by atoms with Gasteiger partial charge in [-0.2, -0.15) is 5.10 Å². The second-order valence-corrected chi connectivity index (χ2v) is 6.01. The van der Waals surface area contributed by atoms with Crippen molar-refractivity contribution < 1.29 is 9.72 Å². The van der Waals surface area contributed by atoms with E-state index in [1.807, 2.05) is 32.9 Å². The van der Waals surface area contributed by atoms with E-state index < -0.39 is 11.0 Å². The molecule has 0 spiro atoms. The van der Waals surface area contributed by atoms with E-state index in [2.05, 4.69) is 21.9 Å². The average Bonchev–Trinajstić information content (AvgIpc) is 2.61. The molecule has 7 nitrogen and oxygen atoms in total. The van der Waals surface area contributed by atoms with Crippen LogP contribution in [0.15, 0.2) is 47.6 Å². The van der Waals surface area contributed by atoms with Crippen molar-refractivity contribution in [3.05, 3.63) is 69.3 Å². The Balaban J connectivity index is 1.96. The van der Waals surface area contributed by atoms with Gasteiger partial charge in [0.1, 0.15) is 6.04 Å². The molecule has 2 N–H and O–H groups in total. The molecule has 0 aliphatic heterocycles. The van der Waals surface area contributed by atoms with Gasteiger partial charge in [0.25, 0.3) is 11.6 Å². The van der Waals surface area contributed by atoms with E-state index in [1.54, 1.807) is 12.1 Å². The molecule has 0 saturated heterocycles. The lowest BCUT2D eigenvalue weighted by Crippen LogP contribution is -2.37. The van der Waals surface area contributed by atoms with E-state index in [0.29, 0.717) is 12.0 Å². The van der Waals surface area contributed by atoms with Crippen molar-refractivity contribution >= 4 is 23.5 Å². The zero-order chi connectivity index (χ0) is 19.1. The van der Waals surface area contributed by atoms with Crippen LogP contribution in [0.4, 0.5) is 11.4 Å². The Morgan fingerprint density at radius 3 is 2.50 bits per heavy atom. The Morgan fingerprint density at radius 2 is 1.92 bits per heavy atom. The van der Waals surface area contributed by atoms with Crippen LogP contribution in [0.1, 0.15) is 30.0 Å². The van der Waals surface area contributed by atoms with E-state index in [0.717, 1.165) is 11.3 Å². The number of aryl methyl sites for hydroxylation is 2. The number of anilines is 1. The first-order valence-corrected chi connectivity index (χ1v) is 8.32. The smallest absolute Gasteiger partial charge is 0.269 e. The van der Waals surface area contributed by atoms with Crippen LogP contribution < -0.4 is 10.7 Å². The summed E-state index contributed by atoms with van der Waals surface area (Å²) in [5, 5.41) is 17.8. The number of nitrogens with one attached hydrogen (secondary N) is 2. The number of hydrogen-bond donors (Lipinski definition) is 2. The number of nitro benzene ring substituents is 1. The maximum absolute atomic E-state index is 12.3. The quantitative estimate of drug-likeness (QED) is 0.451. The van der Waals surface area contributed by atoms with Crippen molar-refractivity contribution in [2.24, 2.45) is 5.10 Å². The lowest BCUT2D eigenvalue weighted by Gasteiger charge is -2.18. The summed E-state index contributed by atoms with van der Waals surface area (Å²) >= 11 is 0. The van der Waals surface area contributed by atoms with E-state index in [4.69, 9.17) is 0 Å². The summed E-state index contributed by atoms with van der Waals surface area (Å²) in [6.07, 6.45) is 2.05. The van der Waals surface area contributed by atoms with Crippen molar-refractivity contribution in [1.82, 2.24) is 5.43 Å². The fraction of sp³-hybridized carbons (Fsp3) is 0.263. The Hall–Kier alpha value is -3.22. The summed E-state index contributed by atoms with van der Waals surface area (Å²) < 4.78 is 0. The van der Waals surface area contributed by atoms with Crippen molar-refractivity contribution in [2.75, 3.05) is 5.32 Å². The molecule has 2 aromatic rings. The van der Waals surface area contributed by atoms with Gasteiger partial charge in [0.05, 0.1) is 11.1 Å². The Morgan fingerprint density at radius 1 is 1.23 bits per heavy atom. The molecule has 0 aliphatic rings. The lowest BCUT2D eigenvalue weighted by atomic mass is 10.1. The van der Waals surface area contributed by atoms with Gasteiger partial charge in [-0.25, -0.2) is 5.43 Å². The minimum atomic E-state index is -0.465. The molecule has 1 atom stereocenters. The molecule has 2 rings (SSSR count). The van der Waals surface area contributed by atoms with Crippen molar-refractivity contribution in [3.8, 4) is 0 Å². The summed E-state index contributed by atoms with van der Waals surface area (Å²) in [5.74, 6) is -0.245. The van der Waals surface area contributed by atoms with Gasteiger partial charge < -0.3 is 5.32 Å². The monoisotopic (exact) mass is 354 g/mol. The molecule has 0 saturated carbocycles. The molecule has 136 valence electrons. The molecular weight excluding hydrogens is 332 g/mol. The van der Waals surface area contributed by atoms with E-state index in [1.165, 1.54) is 23.9 Å². The molecule has 7 heteroatoms. The van der Waals surface area contributed by atoms with E-state index >= 15 is 0 Å². The highest BCUT2D eigenvalue weighted by molar-refractivity contribution is 5.87. The van der Waals surface area contributed by atoms with Crippen LogP contribution in [0, 0.1) is 24.0 Å². The second kappa shape index (κ2) is 8.75. The highest BCUT2D eigenvalue weighted by Gasteiger charge is 2.16. The highest BCUT2D eigenvalue weighted by Crippen LogP contribution is 2.17. The molecule has 0 fully saturated rings. The van der Waals surface area contributed by atoms with Crippen LogP contribution in [0.25, 0.3) is 0 Å². The van der Waals surface area contributed by atoms with E-state index in [-0.39, 0.29) is 11.6 Å². The predicted molar refractivity (Wildman–Crippen MR) is 102 cm³/mol. The van der Waals surface area contributed by atoms with Gasteiger partial charge in [-0.15, -0.1) is 0 Å². The summed E-state index contributed by atoms with van der Waals surface area (Å²) in [5.41, 5.74) is 6.33. The second-order valence-electron chi connectivity index (χ2n) is 6.01. The number of hydrogen-bond acceptors (Lipinski definition) is 5. The number of nitrogens with zero attached hydrogens (tertiary/aromatic N) is 2. The highest BCUT2D eigenvalue weighted by atomic mass is 16.6. The fourth-order valence-corrected chi connectivity index (χ4v) is 2.45. The number of rotatable bonds is 7. The number of amides is 1. The van der Waals surface area contributed by atoms with Crippen LogP contribution in [0.2, 0.25) is 0 Å². The predicted octanol–water partition coefficient (Wildman–Crippen LogP) is 3.55. The largest absolute Gasteiger partial charge is 0.373 e. The molecule has 2 aromatic carbocycles. The zero-order valence-corrected chi connectivity index (χ0v) is 15.0. The SMILES string of the molecule is CCC(Nc1ccc(C)cc1C)C(=O)N/N=C/c1ccc([N+](=O)[O-])cc1. The lowest BCUT2D eigenvalue weighted by molar-refractivity contribution is -0.384. The van der Waals surface area contributed by atoms with Gasteiger partial charge in [0.15, 0.2) is 0 Å². The van der Waals surface area contributed by atoms with Gasteiger partial charge in [-0.05, 0) is 49.6 Å². The third-order valence-corrected chi connectivity index (χ3v) is 3.93. The first kappa shape index (κ1) is 19.1. The molecule has 26 heavy (non-hydrogen) atoms. The van der Waals surface area contributed by atoms with Crippen LogP contribution in [-0.4, -0.2) is 23.1 Å². The van der Waals surface area contributed by atoms with Crippen LogP contribution in [0.3, 0.4) is 0 Å². The zero-order valence-electron chi connectivity index (χ0n) is 15.0. The molecule has 0 radical (unpaired) electrons. The number of benzene rings is 2. The minimum absolute atomic E-state index is 0.00917. The topological polar surface area (TPSA) is 96.6 Å². The number of carbonyl (C=O) groups is 1. The Bertz CT molecular complexity index is 816. The van der Waals surface area contributed by atoms with Crippen molar-refractivity contribution in [1.29, 1.82) is 0 Å². The van der Waals surface area contributed by atoms with Gasteiger partial charge in [0.2, 0.25) is 0 Å². The van der Waals surface area contributed by atoms with Gasteiger partial charge in [0, 0.05) is 17.8 Å². The summed E-state index contributed by atoms with van der Waals surface area (Å²) in [6.45, 7) is 5.93. The molecule has 0 bridgehead atoms. The molecule has 0 aliphatic carbocycles. The average molecular weight is 354 g/mol. The summed E-state index contributed by atoms with van der Waals surface area (Å²) in [4.78, 5) is 22.5. The molecular formula is C19H22N4O3. The Kier molecular flexibility index (Phi) is 6.43. The van der Waals surface area contributed by atoms with Crippen molar-refractivity contribution in [3.63, 3.8) is 0 Å². The summed E-state index contributed by atoms with van der Waals surface area (Å²) in [6, 6.07) is 11.5. The van der Waals surface area contributed by atoms with E-state index in [9.17, 15) is 14.9 Å². The number of non-ortho nitro benzene ring substituents is 1. The number of hydrazone groups is 1. The molecule has 1 amide bonds. The molecule has 0 aromatic heterocycles. The third kappa shape index (κ3) is 5.14. The van der Waals surface area contributed by atoms with Crippen LogP contribution in [0.5, 0.6) is 0 Å². The van der Waals surface area contributed by atoms with Gasteiger partial charge in [-0.1, -0.05) is 24.6 Å². The standard InChI is InChI=1S/C19H22N4O3/c1-4-17(21-18-10-5-13(2)11-14(18)3)19(24)22-20-12-15-6-8-16(9-7-15)23(25)26/h5-12,17,21H,4H2,1-3H3,(H,22,24)/b20-12+. The number of carbonyl (C=O) groups excluding carboxylic acids is 1. The third-order valence-electron chi connectivity index (χ3n) is 3.93. The van der Waals surface area contributed by atoms with Crippen LogP contribution >= 0.6 is 0 Å². The molecule has 1 unspecified atom stereocenters. The molecule has 0 heterocycles. The van der Waals surface area contributed by atoms with Gasteiger partial charge in [-0.3, -0.25) is 14.9 Å². The number of nitro groups is 1. The van der Waals surface area contributed by atoms with Crippen LogP contribution in [-0.2, 0) is 4.79 Å². The maximum Gasteiger partial charge on any atom is 0.269 e. The minimum Gasteiger partial charge on any atom is -0.373 e. The first-order valence-electron chi connectivity index (χ1n) is 8.32. The Labute approximate surface area is 152 Å².